The van der Waals surface area contributed by atoms with Crippen molar-refractivity contribution in [2.75, 3.05) is 24.5 Å². The highest BCUT2D eigenvalue weighted by atomic mass is 32.3. The van der Waals surface area contributed by atoms with E-state index in [-0.39, 0.29) is 22.8 Å². The summed E-state index contributed by atoms with van der Waals surface area (Å²) in [4.78, 5) is 22.4. The molecule has 40 heavy (non-hydrogen) atoms. The van der Waals surface area contributed by atoms with Gasteiger partial charge in [0, 0.05) is 10.5 Å². The summed E-state index contributed by atoms with van der Waals surface area (Å²) < 4.78 is 20.9. The van der Waals surface area contributed by atoms with E-state index in [9.17, 15) is 19.8 Å². The van der Waals surface area contributed by atoms with Crippen molar-refractivity contribution in [3.05, 3.63) is 0 Å². The second-order valence-corrected chi connectivity index (χ2v) is 32.6. The number of carboxylic acid groups (broad SMARTS) is 2. The fourth-order valence-corrected chi connectivity index (χ4v) is 15.5. The fourth-order valence-electron chi connectivity index (χ4n) is 4.77. The van der Waals surface area contributed by atoms with Gasteiger partial charge < -0.3 is 23.0 Å². The van der Waals surface area contributed by atoms with E-state index in [1.54, 1.807) is 0 Å². The summed E-state index contributed by atoms with van der Waals surface area (Å²) in [5, 5.41) is 18.6. The molecule has 3 unspecified atom stereocenters. The van der Waals surface area contributed by atoms with Gasteiger partial charge in [-0.15, -0.1) is 20.6 Å². The van der Waals surface area contributed by atoms with Gasteiger partial charge in [-0.05, 0) is 106 Å². The third-order valence-corrected chi connectivity index (χ3v) is 22.0. The molecule has 242 valence electrons. The van der Waals surface area contributed by atoms with E-state index < -0.39 is 65.4 Å². The van der Waals surface area contributed by atoms with Crippen LogP contribution in [0.1, 0.15) is 81.1 Å². The number of aliphatic carboxylic acids is 2. The highest BCUT2D eigenvalue weighted by Crippen LogP contribution is 2.68. The van der Waals surface area contributed by atoms with Crippen molar-refractivity contribution in [1.29, 1.82) is 0 Å². The molecule has 0 bridgehead atoms. The standard InChI is InChI=1S/C29H64O7S2Si2/c1-18-29(8,39(12,13)14)35-37(9,10)27(4,5)26(2,3)34-38(11,28(6,7)36-40(15,16)17)21-19-20-23(25(32)33)22-24(30)31/h23H,18-22H2,1-17H3,(H,30,31)(H,32,33). The monoisotopic (exact) mass is 644 g/mol. The molecule has 0 aliphatic heterocycles. The van der Waals surface area contributed by atoms with Gasteiger partial charge in [0.25, 0.3) is 0 Å². The highest BCUT2D eigenvalue weighted by molar-refractivity contribution is 8.30. The predicted molar refractivity (Wildman–Crippen MR) is 181 cm³/mol. The van der Waals surface area contributed by atoms with E-state index in [1.807, 2.05) is 0 Å². The van der Waals surface area contributed by atoms with Crippen molar-refractivity contribution in [3.8, 4) is 0 Å². The zero-order valence-electron chi connectivity index (χ0n) is 28.9. The van der Waals surface area contributed by atoms with Crippen molar-refractivity contribution < 1.29 is 32.6 Å². The Balaban J connectivity index is 6.49. The molecule has 0 aromatic heterocycles. The summed E-state index contributed by atoms with van der Waals surface area (Å²) in [6.07, 6.45) is 8.07. The Bertz CT molecular complexity index is 879. The van der Waals surface area contributed by atoms with Gasteiger partial charge in [-0.2, -0.15) is 0 Å². The molecule has 0 aliphatic carbocycles. The van der Waals surface area contributed by atoms with Crippen molar-refractivity contribution in [2.45, 2.75) is 141 Å². The third-order valence-electron chi connectivity index (χ3n) is 9.17. The van der Waals surface area contributed by atoms with Gasteiger partial charge in [-0.3, -0.25) is 9.59 Å². The molecule has 2 N–H and O–H groups in total. The molecule has 11 heteroatoms. The lowest BCUT2D eigenvalue weighted by Gasteiger charge is -2.62. The van der Waals surface area contributed by atoms with Crippen LogP contribution in [-0.4, -0.2) is 83.6 Å². The summed E-state index contributed by atoms with van der Waals surface area (Å²) in [5.74, 6) is -2.46. The van der Waals surface area contributed by atoms with E-state index in [4.69, 9.17) is 12.8 Å². The zero-order chi connectivity index (χ0) is 32.4. The second-order valence-electron chi connectivity index (χ2n) is 15.4. The Morgan fingerprint density at radius 3 is 1.68 bits per heavy atom. The molecular weight excluding hydrogens is 581 g/mol. The Hall–Kier alpha value is -0.0462. The summed E-state index contributed by atoms with van der Waals surface area (Å²) in [6, 6.07) is 0. The maximum absolute atomic E-state index is 11.7. The minimum absolute atomic E-state index is 0.175. The minimum atomic E-state index is -1.96. The molecule has 0 rings (SSSR count). The zero-order valence-corrected chi connectivity index (χ0v) is 32.5. The lowest BCUT2D eigenvalue weighted by Crippen LogP contribution is -2.58. The molecule has 0 aliphatic rings. The van der Waals surface area contributed by atoms with Crippen molar-refractivity contribution >= 4 is 48.9 Å². The molecule has 0 heterocycles. The van der Waals surface area contributed by atoms with Crippen LogP contribution in [0.15, 0.2) is 0 Å². The lowest BCUT2D eigenvalue weighted by molar-refractivity contribution is -0.148. The largest absolute Gasteiger partial charge is 0.481 e. The van der Waals surface area contributed by atoms with Crippen LogP contribution in [0.5, 0.6) is 0 Å². The van der Waals surface area contributed by atoms with E-state index in [0.717, 1.165) is 6.42 Å². The molecule has 0 saturated carbocycles. The van der Waals surface area contributed by atoms with Gasteiger partial charge in [0.05, 0.1) is 31.2 Å². The van der Waals surface area contributed by atoms with Gasteiger partial charge in [-0.25, -0.2) is 0 Å². The third kappa shape index (κ3) is 10.0. The molecule has 0 amide bonds. The van der Waals surface area contributed by atoms with Crippen molar-refractivity contribution in [2.24, 2.45) is 5.92 Å². The minimum Gasteiger partial charge on any atom is -0.481 e. The molecule has 7 nitrogen and oxygen atoms in total. The lowest BCUT2D eigenvalue weighted by atomic mass is 9.94. The van der Waals surface area contributed by atoms with Crippen LogP contribution in [0.4, 0.5) is 0 Å². The van der Waals surface area contributed by atoms with Crippen molar-refractivity contribution in [3.63, 3.8) is 0 Å². The van der Waals surface area contributed by atoms with Gasteiger partial charge in [-0.1, -0.05) is 26.6 Å². The first-order valence-electron chi connectivity index (χ1n) is 14.4. The van der Waals surface area contributed by atoms with E-state index in [2.05, 4.69) is 113 Å². The first-order valence-corrected chi connectivity index (χ1v) is 25.9. The number of carboxylic acids is 2. The molecule has 0 aromatic rings. The quantitative estimate of drug-likeness (QED) is 0.144. The van der Waals surface area contributed by atoms with Gasteiger partial charge in [0.15, 0.2) is 8.32 Å². The first kappa shape index (κ1) is 40.0. The van der Waals surface area contributed by atoms with Gasteiger partial charge in [0.1, 0.15) is 4.93 Å². The summed E-state index contributed by atoms with van der Waals surface area (Å²) >= 11 is 0. The molecular formula is C29H64O7S2Si2. The van der Waals surface area contributed by atoms with E-state index in [1.165, 1.54) is 0 Å². The predicted octanol–water partition coefficient (Wildman–Crippen LogP) is 8.49. The summed E-state index contributed by atoms with van der Waals surface area (Å²) in [7, 11) is -7.19. The van der Waals surface area contributed by atoms with E-state index in [0.29, 0.717) is 12.2 Å². The smallest absolute Gasteiger partial charge is 0.307 e. The molecule has 0 radical (unpaired) electrons. The van der Waals surface area contributed by atoms with Crippen LogP contribution in [0, 0.1) is 5.92 Å². The molecule has 0 spiro atoms. The maximum atomic E-state index is 11.7. The summed E-state index contributed by atoms with van der Waals surface area (Å²) in [6.45, 7) is 31.1. The Morgan fingerprint density at radius 1 is 0.850 bits per heavy atom. The van der Waals surface area contributed by atoms with Crippen LogP contribution in [0.25, 0.3) is 0 Å². The highest BCUT2D eigenvalue weighted by Gasteiger charge is 2.55. The number of hydrogen-bond acceptors (Lipinski definition) is 5. The molecule has 0 saturated heterocycles. The van der Waals surface area contributed by atoms with Crippen molar-refractivity contribution in [1.82, 2.24) is 0 Å². The van der Waals surface area contributed by atoms with Gasteiger partial charge >= 0.3 is 11.9 Å². The molecule has 0 aromatic carbocycles. The number of carbonyl (C=O) groups is 2. The van der Waals surface area contributed by atoms with Crippen LogP contribution in [0.2, 0.25) is 39.3 Å². The summed E-state index contributed by atoms with van der Waals surface area (Å²) in [5.41, 5.74) is -0.600. The Morgan fingerprint density at radius 2 is 1.32 bits per heavy atom. The fraction of sp³-hybridized carbons (Fsp3) is 0.931. The topological polar surface area (TPSA) is 102 Å². The number of hydrogen-bond donors (Lipinski definition) is 2. The average molecular weight is 645 g/mol. The van der Waals surface area contributed by atoms with Crippen LogP contribution in [0.3, 0.4) is 0 Å². The number of rotatable bonds is 18. The normalized spacial score (nSPS) is 19.3. The van der Waals surface area contributed by atoms with Crippen LogP contribution in [-0.2, 0) is 22.4 Å². The average Bonchev–Trinajstić information content (AvgIpc) is 2.68. The van der Waals surface area contributed by atoms with E-state index >= 15 is 0 Å². The van der Waals surface area contributed by atoms with Crippen LogP contribution >= 0.6 is 20.6 Å². The van der Waals surface area contributed by atoms with Gasteiger partial charge in [0.2, 0.25) is 0 Å². The second kappa shape index (κ2) is 13.3. The molecule has 3 atom stereocenters. The molecule has 0 fully saturated rings. The Kier molecular flexibility index (Phi) is 13.3. The SMILES string of the molecule is CCC(C)(OS(C)(C)C(C)(C)C(C)(C)OS(C)(CCCC(CC(=O)O)C(=O)O)C(C)(C)O[Si](C)(C)C)[Si](C)(C)C. The first-order chi connectivity index (χ1) is 17.4. The maximum Gasteiger partial charge on any atom is 0.307 e. The van der Waals surface area contributed by atoms with Crippen LogP contribution < -0.4 is 0 Å². The Labute approximate surface area is 252 Å².